The molecule has 0 aromatic heterocycles. The van der Waals surface area contributed by atoms with Gasteiger partial charge in [-0.2, -0.15) is 0 Å². The zero-order valence-electron chi connectivity index (χ0n) is 12.7. The highest BCUT2D eigenvalue weighted by molar-refractivity contribution is 9.10. The van der Waals surface area contributed by atoms with Gasteiger partial charge in [0.05, 0.1) is 10.5 Å². The molecule has 2 rings (SSSR count). The third-order valence-electron chi connectivity index (χ3n) is 3.83. The van der Waals surface area contributed by atoms with Gasteiger partial charge in [0.1, 0.15) is 5.82 Å². The maximum atomic E-state index is 13.9. The Bertz CT molecular complexity index is 625. The smallest absolute Gasteiger partial charge is 0.137 e. The summed E-state index contributed by atoms with van der Waals surface area (Å²) in [5.41, 5.74) is 4.69. The van der Waals surface area contributed by atoms with Crippen molar-refractivity contribution in [3.63, 3.8) is 0 Å². The molecule has 1 N–H and O–H groups in total. The first-order valence-electron chi connectivity index (χ1n) is 7.29. The molecule has 1 atom stereocenters. The fraction of sp³-hybridized carbons (Fsp3) is 0.333. The number of hydrogen-bond donors (Lipinski definition) is 1. The van der Waals surface area contributed by atoms with Crippen LogP contribution in [0, 0.1) is 19.7 Å². The molecule has 0 saturated carbocycles. The van der Waals surface area contributed by atoms with Gasteiger partial charge in [0, 0.05) is 0 Å². The molecule has 1 nitrogen and oxygen atoms in total. The van der Waals surface area contributed by atoms with E-state index in [1.807, 2.05) is 6.07 Å². The van der Waals surface area contributed by atoms with Gasteiger partial charge in [-0.25, -0.2) is 4.39 Å². The SMILES string of the molecule is CCCNC(c1ccc(Br)c(F)c1)c1cccc(C)c1C. The molecule has 0 fully saturated rings. The molecule has 0 aliphatic heterocycles. The zero-order valence-corrected chi connectivity index (χ0v) is 14.3. The molecule has 2 aromatic carbocycles. The van der Waals surface area contributed by atoms with Crippen LogP contribution in [0.1, 0.15) is 41.6 Å². The van der Waals surface area contributed by atoms with Crippen molar-refractivity contribution in [1.82, 2.24) is 5.32 Å². The fourth-order valence-corrected chi connectivity index (χ4v) is 2.72. The second-order valence-corrected chi connectivity index (χ2v) is 6.20. The minimum absolute atomic E-state index is 0.0208. The Kier molecular flexibility index (Phi) is 5.54. The first kappa shape index (κ1) is 16.2. The number of hydrogen-bond acceptors (Lipinski definition) is 1. The lowest BCUT2D eigenvalue weighted by molar-refractivity contribution is 0.581. The van der Waals surface area contributed by atoms with Gasteiger partial charge < -0.3 is 5.32 Å². The molecule has 1 unspecified atom stereocenters. The van der Waals surface area contributed by atoms with Crippen LogP contribution < -0.4 is 5.32 Å². The van der Waals surface area contributed by atoms with E-state index in [0.29, 0.717) is 4.47 Å². The summed E-state index contributed by atoms with van der Waals surface area (Å²) >= 11 is 3.22. The van der Waals surface area contributed by atoms with Crippen LogP contribution >= 0.6 is 15.9 Å². The van der Waals surface area contributed by atoms with E-state index in [1.165, 1.54) is 16.7 Å². The topological polar surface area (TPSA) is 12.0 Å². The number of aryl methyl sites for hydroxylation is 1. The molecule has 0 saturated heterocycles. The van der Waals surface area contributed by atoms with Gasteiger partial charge >= 0.3 is 0 Å². The second kappa shape index (κ2) is 7.19. The predicted octanol–water partition coefficient (Wildman–Crippen LogP) is 5.29. The highest BCUT2D eigenvalue weighted by atomic mass is 79.9. The quantitative estimate of drug-likeness (QED) is 0.772. The summed E-state index contributed by atoms with van der Waals surface area (Å²) in [7, 11) is 0. The molecular formula is C18H21BrFN. The average molecular weight is 350 g/mol. The molecule has 0 radical (unpaired) electrons. The van der Waals surface area contributed by atoms with Crippen molar-refractivity contribution >= 4 is 15.9 Å². The molecule has 112 valence electrons. The van der Waals surface area contributed by atoms with Gasteiger partial charge in [0.2, 0.25) is 0 Å². The van der Waals surface area contributed by atoms with E-state index in [1.54, 1.807) is 12.1 Å². The molecule has 2 aromatic rings. The van der Waals surface area contributed by atoms with Crippen LogP contribution in [0.15, 0.2) is 40.9 Å². The molecule has 21 heavy (non-hydrogen) atoms. The van der Waals surface area contributed by atoms with Gasteiger partial charge in [-0.3, -0.25) is 0 Å². The van der Waals surface area contributed by atoms with Gasteiger partial charge in [-0.05, 0) is 77.1 Å². The van der Waals surface area contributed by atoms with Crippen LogP contribution in [0.25, 0.3) is 0 Å². The van der Waals surface area contributed by atoms with Crippen molar-refractivity contribution < 1.29 is 4.39 Å². The Morgan fingerprint density at radius 2 is 1.95 bits per heavy atom. The van der Waals surface area contributed by atoms with Crippen molar-refractivity contribution in [1.29, 1.82) is 0 Å². The Balaban J connectivity index is 2.47. The first-order valence-corrected chi connectivity index (χ1v) is 8.08. The minimum Gasteiger partial charge on any atom is -0.306 e. The van der Waals surface area contributed by atoms with E-state index in [9.17, 15) is 4.39 Å². The summed E-state index contributed by atoms with van der Waals surface area (Å²) in [5, 5.41) is 3.53. The number of rotatable bonds is 5. The predicted molar refractivity (Wildman–Crippen MR) is 90.2 cm³/mol. The van der Waals surface area contributed by atoms with E-state index in [0.717, 1.165) is 18.5 Å². The van der Waals surface area contributed by atoms with Gasteiger partial charge in [-0.1, -0.05) is 31.2 Å². The minimum atomic E-state index is -0.221. The Hall–Kier alpha value is -1.19. The van der Waals surface area contributed by atoms with Crippen LogP contribution in [0.2, 0.25) is 0 Å². The highest BCUT2D eigenvalue weighted by Gasteiger charge is 2.17. The molecule has 0 bridgehead atoms. The summed E-state index contributed by atoms with van der Waals surface area (Å²) in [4.78, 5) is 0. The Morgan fingerprint density at radius 1 is 1.19 bits per heavy atom. The second-order valence-electron chi connectivity index (χ2n) is 5.35. The van der Waals surface area contributed by atoms with E-state index in [2.05, 4.69) is 60.2 Å². The van der Waals surface area contributed by atoms with E-state index in [-0.39, 0.29) is 11.9 Å². The Labute approximate surface area is 134 Å². The largest absolute Gasteiger partial charge is 0.306 e. The van der Waals surface area contributed by atoms with Crippen LogP contribution in [-0.4, -0.2) is 6.54 Å². The third kappa shape index (κ3) is 3.72. The lowest BCUT2D eigenvalue weighted by Gasteiger charge is -2.22. The average Bonchev–Trinajstić information content (AvgIpc) is 2.47. The van der Waals surface area contributed by atoms with Crippen LogP contribution in [0.5, 0.6) is 0 Å². The summed E-state index contributed by atoms with van der Waals surface area (Å²) in [6, 6.07) is 11.7. The van der Waals surface area contributed by atoms with Gasteiger partial charge in [0.15, 0.2) is 0 Å². The van der Waals surface area contributed by atoms with Crippen molar-refractivity contribution in [2.75, 3.05) is 6.54 Å². The van der Waals surface area contributed by atoms with E-state index in [4.69, 9.17) is 0 Å². The van der Waals surface area contributed by atoms with Crippen molar-refractivity contribution in [2.45, 2.75) is 33.2 Å². The Morgan fingerprint density at radius 3 is 2.62 bits per heavy atom. The van der Waals surface area contributed by atoms with E-state index >= 15 is 0 Å². The van der Waals surface area contributed by atoms with Crippen molar-refractivity contribution in [3.8, 4) is 0 Å². The number of benzene rings is 2. The molecule has 0 amide bonds. The van der Waals surface area contributed by atoms with Crippen molar-refractivity contribution in [3.05, 3.63) is 68.9 Å². The first-order chi connectivity index (χ1) is 10.0. The lowest BCUT2D eigenvalue weighted by Crippen LogP contribution is -2.24. The van der Waals surface area contributed by atoms with Gasteiger partial charge in [-0.15, -0.1) is 0 Å². The summed E-state index contributed by atoms with van der Waals surface area (Å²) in [5.74, 6) is -0.221. The summed E-state index contributed by atoms with van der Waals surface area (Å²) in [6.07, 6.45) is 1.04. The molecule has 0 heterocycles. The number of halogens is 2. The zero-order chi connectivity index (χ0) is 15.4. The molecule has 0 spiro atoms. The summed E-state index contributed by atoms with van der Waals surface area (Å²) in [6.45, 7) is 7.27. The molecule has 3 heteroatoms. The number of nitrogens with one attached hydrogen (secondary N) is 1. The molecule has 0 aliphatic carbocycles. The summed E-state index contributed by atoms with van der Waals surface area (Å²) < 4.78 is 14.4. The van der Waals surface area contributed by atoms with Gasteiger partial charge in [0.25, 0.3) is 0 Å². The maximum Gasteiger partial charge on any atom is 0.137 e. The fourth-order valence-electron chi connectivity index (χ4n) is 2.47. The molecular weight excluding hydrogens is 329 g/mol. The van der Waals surface area contributed by atoms with E-state index < -0.39 is 0 Å². The lowest BCUT2D eigenvalue weighted by atomic mass is 9.92. The maximum absolute atomic E-state index is 13.9. The molecule has 0 aliphatic rings. The highest BCUT2D eigenvalue weighted by Crippen LogP contribution is 2.28. The normalized spacial score (nSPS) is 12.4. The van der Waals surface area contributed by atoms with Crippen LogP contribution in [0.4, 0.5) is 4.39 Å². The van der Waals surface area contributed by atoms with Crippen LogP contribution in [-0.2, 0) is 0 Å². The standard InChI is InChI=1S/C18H21BrFN/c1-4-10-21-18(14-8-9-16(19)17(20)11-14)15-7-5-6-12(2)13(15)3/h5-9,11,18,21H,4,10H2,1-3H3. The van der Waals surface area contributed by atoms with Crippen LogP contribution in [0.3, 0.4) is 0 Å². The van der Waals surface area contributed by atoms with Crippen molar-refractivity contribution in [2.24, 2.45) is 0 Å². The monoisotopic (exact) mass is 349 g/mol. The third-order valence-corrected chi connectivity index (χ3v) is 4.48.